The number of rotatable bonds is 7. The Kier molecular flexibility index (Phi) is 5.11. The van der Waals surface area contributed by atoms with Gasteiger partial charge in [-0.2, -0.15) is 5.10 Å². The van der Waals surface area contributed by atoms with Gasteiger partial charge in [-0.05, 0) is 87.2 Å². The smallest absolute Gasteiger partial charge is 0.277 e. The molecule has 0 radical (unpaired) electrons. The molecule has 0 spiro atoms. The molecule has 4 aliphatic rings. The lowest BCUT2D eigenvalue weighted by Gasteiger charge is -2.57. The maximum Gasteiger partial charge on any atom is 0.277 e. The van der Waals surface area contributed by atoms with Gasteiger partial charge in [0, 0.05) is 5.71 Å². The fraction of sp³-hybridized carbons (Fsp3) is 0.636. The zero-order valence-electron chi connectivity index (χ0n) is 16.4. The van der Waals surface area contributed by atoms with E-state index in [-0.39, 0.29) is 12.5 Å². The van der Waals surface area contributed by atoms with Crippen molar-refractivity contribution in [3.05, 3.63) is 24.3 Å². The van der Waals surface area contributed by atoms with E-state index in [1.165, 1.54) is 38.5 Å². The highest BCUT2D eigenvalue weighted by Crippen LogP contribution is 2.61. The number of nitrogens with zero attached hydrogens (tertiary/aromatic N) is 1. The second-order valence-corrected chi connectivity index (χ2v) is 8.92. The molecule has 1 aromatic carbocycles. The molecule has 4 saturated carbocycles. The van der Waals surface area contributed by atoms with E-state index < -0.39 is 0 Å². The van der Waals surface area contributed by atoms with Gasteiger partial charge in [-0.3, -0.25) is 4.79 Å². The summed E-state index contributed by atoms with van der Waals surface area (Å²) in [5, 5.41) is 4.36. The van der Waals surface area contributed by atoms with Gasteiger partial charge in [0.25, 0.3) is 5.91 Å². The first kappa shape index (κ1) is 18.3. The number of carbonyl (C=O) groups is 1. The second-order valence-electron chi connectivity index (χ2n) is 8.92. The van der Waals surface area contributed by atoms with Gasteiger partial charge < -0.3 is 9.47 Å². The number of hydrogen-bond acceptors (Lipinski definition) is 4. The molecule has 146 valence electrons. The predicted octanol–water partition coefficient (Wildman–Crippen LogP) is 4.17. The Labute approximate surface area is 161 Å². The van der Waals surface area contributed by atoms with Gasteiger partial charge in [0.2, 0.25) is 0 Å². The van der Waals surface area contributed by atoms with Crippen LogP contribution in [0.2, 0.25) is 0 Å². The Hall–Kier alpha value is -2.04. The molecule has 0 atom stereocenters. The van der Waals surface area contributed by atoms with Gasteiger partial charge in [0.1, 0.15) is 0 Å². The summed E-state index contributed by atoms with van der Waals surface area (Å²) in [6.45, 7) is 1.97. The van der Waals surface area contributed by atoms with Gasteiger partial charge in [-0.25, -0.2) is 5.43 Å². The third kappa shape index (κ3) is 4.12. The van der Waals surface area contributed by atoms with Crippen LogP contribution in [0.15, 0.2) is 29.4 Å². The van der Waals surface area contributed by atoms with Gasteiger partial charge >= 0.3 is 0 Å². The van der Waals surface area contributed by atoms with Crippen molar-refractivity contribution in [2.45, 2.75) is 51.9 Å². The van der Waals surface area contributed by atoms with E-state index in [4.69, 9.17) is 9.47 Å². The molecule has 1 aromatic rings. The van der Waals surface area contributed by atoms with Crippen LogP contribution in [0.1, 0.15) is 51.9 Å². The van der Waals surface area contributed by atoms with Crippen molar-refractivity contribution in [1.29, 1.82) is 0 Å². The van der Waals surface area contributed by atoms with Crippen molar-refractivity contribution < 1.29 is 14.3 Å². The minimum absolute atomic E-state index is 0.0749. The summed E-state index contributed by atoms with van der Waals surface area (Å²) in [5.74, 6) is 3.75. The zero-order chi connectivity index (χ0) is 18.9. The Morgan fingerprint density at radius 1 is 1.11 bits per heavy atom. The quantitative estimate of drug-likeness (QED) is 0.579. The summed E-state index contributed by atoms with van der Waals surface area (Å²) >= 11 is 0. The van der Waals surface area contributed by atoms with Crippen LogP contribution in [-0.2, 0) is 4.79 Å². The van der Waals surface area contributed by atoms with E-state index in [0.717, 1.165) is 29.9 Å². The van der Waals surface area contributed by atoms with Gasteiger partial charge in [-0.1, -0.05) is 12.1 Å². The van der Waals surface area contributed by atoms with Crippen LogP contribution in [0, 0.1) is 23.2 Å². The lowest BCUT2D eigenvalue weighted by atomic mass is 9.48. The number of hydrogen-bond donors (Lipinski definition) is 1. The zero-order valence-corrected chi connectivity index (χ0v) is 16.4. The second kappa shape index (κ2) is 7.53. The third-order valence-electron chi connectivity index (χ3n) is 6.60. The highest BCUT2D eigenvalue weighted by Gasteiger charge is 2.50. The minimum Gasteiger partial charge on any atom is -0.493 e. The highest BCUT2D eigenvalue weighted by molar-refractivity contribution is 5.85. The van der Waals surface area contributed by atoms with Gasteiger partial charge in [0.05, 0.1) is 7.11 Å². The van der Waals surface area contributed by atoms with Gasteiger partial charge in [-0.15, -0.1) is 0 Å². The minimum atomic E-state index is -0.245. The molecule has 5 heteroatoms. The lowest BCUT2D eigenvalue weighted by molar-refractivity contribution is -0.123. The Morgan fingerprint density at radius 3 is 2.30 bits per heavy atom. The molecular weight excluding hydrogens is 340 g/mol. The molecule has 0 aromatic heterocycles. The molecule has 0 saturated heterocycles. The van der Waals surface area contributed by atoms with Crippen molar-refractivity contribution in [3.8, 4) is 11.5 Å². The third-order valence-corrected chi connectivity index (χ3v) is 6.60. The van der Waals surface area contributed by atoms with Crippen LogP contribution >= 0.6 is 0 Å². The summed E-state index contributed by atoms with van der Waals surface area (Å²) in [6.07, 6.45) is 9.44. The summed E-state index contributed by atoms with van der Waals surface area (Å²) in [7, 11) is 1.58. The number of amides is 1. The van der Waals surface area contributed by atoms with Crippen molar-refractivity contribution >= 4 is 11.6 Å². The maximum absolute atomic E-state index is 12.1. The van der Waals surface area contributed by atoms with Crippen LogP contribution in [0.4, 0.5) is 0 Å². The molecule has 1 N–H and O–H groups in total. The van der Waals surface area contributed by atoms with E-state index in [1.54, 1.807) is 19.2 Å². The van der Waals surface area contributed by atoms with E-state index in [1.807, 2.05) is 19.1 Å². The highest BCUT2D eigenvalue weighted by atomic mass is 16.5. The number of carbonyl (C=O) groups excluding carboxylic acids is 1. The van der Waals surface area contributed by atoms with Crippen molar-refractivity contribution in [1.82, 2.24) is 5.43 Å². The molecule has 4 bridgehead atoms. The van der Waals surface area contributed by atoms with Gasteiger partial charge in [0.15, 0.2) is 18.1 Å². The fourth-order valence-corrected chi connectivity index (χ4v) is 6.16. The van der Waals surface area contributed by atoms with E-state index in [2.05, 4.69) is 10.5 Å². The molecule has 4 aliphatic carbocycles. The molecule has 1 amide bonds. The molecule has 5 rings (SSSR count). The molecule has 27 heavy (non-hydrogen) atoms. The summed E-state index contributed by atoms with van der Waals surface area (Å²) in [5.41, 5.74) is 4.13. The Balaban J connectivity index is 1.28. The van der Waals surface area contributed by atoms with Crippen LogP contribution in [0.3, 0.4) is 0 Å². The topological polar surface area (TPSA) is 59.9 Å². The molecule has 0 aliphatic heterocycles. The number of para-hydroxylation sites is 2. The first-order valence-corrected chi connectivity index (χ1v) is 10.1. The van der Waals surface area contributed by atoms with E-state index >= 15 is 0 Å². The monoisotopic (exact) mass is 370 g/mol. The van der Waals surface area contributed by atoms with Crippen LogP contribution in [0.25, 0.3) is 0 Å². The average molecular weight is 370 g/mol. The molecule has 5 nitrogen and oxygen atoms in total. The molecule has 0 heterocycles. The average Bonchev–Trinajstić information content (AvgIpc) is 2.63. The number of nitrogens with one attached hydrogen (secondary N) is 1. The fourth-order valence-electron chi connectivity index (χ4n) is 6.16. The van der Waals surface area contributed by atoms with Crippen LogP contribution in [-0.4, -0.2) is 25.3 Å². The maximum atomic E-state index is 12.1. The number of ether oxygens (including phenoxy) is 2. The molecular formula is C22H30N2O3. The first-order valence-electron chi connectivity index (χ1n) is 10.1. The predicted molar refractivity (Wildman–Crippen MR) is 105 cm³/mol. The summed E-state index contributed by atoms with van der Waals surface area (Å²) in [6, 6.07) is 7.31. The van der Waals surface area contributed by atoms with Crippen LogP contribution in [0.5, 0.6) is 11.5 Å². The Morgan fingerprint density at radius 2 is 1.70 bits per heavy atom. The number of hydrazone groups is 1. The standard InChI is InChI=1S/C22H30N2O3/c1-15(10-22-11-16-7-17(12-22)9-18(8-16)13-22)23-24-21(25)14-27-20-6-4-3-5-19(20)26-2/h3-6,16-18H,7-14H2,1-2H3,(H,24,25)/b23-15-. The summed E-state index contributed by atoms with van der Waals surface area (Å²) < 4.78 is 10.8. The van der Waals surface area contributed by atoms with Crippen LogP contribution < -0.4 is 14.9 Å². The first-order chi connectivity index (χ1) is 13.0. The van der Waals surface area contributed by atoms with Crippen molar-refractivity contribution in [3.63, 3.8) is 0 Å². The summed E-state index contributed by atoms with van der Waals surface area (Å²) in [4.78, 5) is 12.1. The van der Waals surface area contributed by atoms with E-state index in [0.29, 0.717) is 16.9 Å². The SMILES string of the molecule is COc1ccccc1OCC(=O)N/N=C(/C)CC12CC3CC(CC(C3)C1)C2. The number of methoxy groups -OCH3 is 1. The van der Waals surface area contributed by atoms with E-state index in [9.17, 15) is 4.79 Å². The normalized spacial score (nSPS) is 31.6. The number of benzene rings is 1. The largest absolute Gasteiger partial charge is 0.493 e. The Bertz CT molecular complexity index is 693. The lowest BCUT2D eigenvalue weighted by Crippen LogP contribution is -2.46. The van der Waals surface area contributed by atoms with Crippen molar-refractivity contribution in [2.75, 3.05) is 13.7 Å². The molecule has 4 fully saturated rings. The van der Waals surface area contributed by atoms with Crippen molar-refractivity contribution in [2.24, 2.45) is 28.3 Å². The molecule has 0 unspecified atom stereocenters.